The van der Waals surface area contributed by atoms with Crippen LogP contribution in [0.4, 0.5) is 5.82 Å². The predicted molar refractivity (Wildman–Crippen MR) is 86.3 cm³/mol. The third-order valence-electron chi connectivity index (χ3n) is 4.46. The lowest BCUT2D eigenvalue weighted by molar-refractivity contribution is -0.125. The van der Waals surface area contributed by atoms with Crippen LogP contribution in [0.1, 0.15) is 40.0 Å². The van der Waals surface area contributed by atoms with Crippen molar-refractivity contribution < 1.29 is 4.79 Å². The maximum Gasteiger partial charge on any atom is 0.224 e. The third kappa shape index (κ3) is 4.45. The monoisotopic (exact) mass is 289 g/mol. The fraction of sp³-hybridized carbons (Fsp3) is 0.647. The van der Waals surface area contributed by atoms with Crippen molar-refractivity contribution in [2.75, 3.05) is 24.5 Å². The van der Waals surface area contributed by atoms with Gasteiger partial charge in [0.2, 0.25) is 5.91 Å². The lowest BCUT2D eigenvalue weighted by Gasteiger charge is -2.33. The van der Waals surface area contributed by atoms with Crippen molar-refractivity contribution in [3.8, 4) is 0 Å². The minimum Gasteiger partial charge on any atom is -0.356 e. The van der Waals surface area contributed by atoms with Crippen LogP contribution in [0.15, 0.2) is 24.4 Å². The molecule has 1 atom stereocenters. The number of carbonyl (C=O) groups excluding carboxylic acids is 1. The number of pyridine rings is 1. The number of carbonyl (C=O) groups is 1. The van der Waals surface area contributed by atoms with Gasteiger partial charge in [-0.25, -0.2) is 4.98 Å². The van der Waals surface area contributed by atoms with Gasteiger partial charge in [0.25, 0.3) is 0 Å². The summed E-state index contributed by atoms with van der Waals surface area (Å²) in [6.07, 6.45) is 4.90. The minimum absolute atomic E-state index is 0.0772. The van der Waals surface area contributed by atoms with Gasteiger partial charge < -0.3 is 10.2 Å². The summed E-state index contributed by atoms with van der Waals surface area (Å²) in [6.45, 7) is 9.05. The molecule has 0 radical (unpaired) electrons. The molecule has 4 nitrogen and oxygen atoms in total. The van der Waals surface area contributed by atoms with Crippen molar-refractivity contribution in [2.45, 2.75) is 40.0 Å². The van der Waals surface area contributed by atoms with Gasteiger partial charge in [0.15, 0.2) is 0 Å². The van der Waals surface area contributed by atoms with Gasteiger partial charge in [0.1, 0.15) is 5.82 Å². The molecule has 0 spiro atoms. The zero-order chi connectivity index (χ0) is 15.3. The Hall–Kier alpha value is -1.58. The summed E-state index contributed by atoms with van der Waals surface area (Å²) in [5, 5.41) is 3.13. The smallest absolute Gasteiger partial charge is 0.224 e. The Kier molecular flexibility index (Phi) is 5.21. The number of piperidine rings is 1. The number of rotatable bonds is 5. The second-order valence-corrected chi connectivity index (χ2v) is 6.71. The van der Waals surface area contributed by atoms with Crippen LogP contribution in [0.5, 0.6) is 0 Å². The molecular weight excluding hydrogens is 262 g/mol. The van der Waals surface area contributed by atoms with E-state index in [1.165, 1.54) is 0 Å². The summed E-state index contributed by atoms with van der Waals surface area (Å²) in [7, 11) is 0. The molecule has 0 saturated carbocycles. The average Bonchev–Trinajstić information content (AvgIpc) is 2.53. The number of nitrogens with one attached hydrogen (secondary N) is 1. The van der Waals surface area contributed by atoms with Crippen molar-refractivity contribution in [3.05, 3.63) is 24.4 Å². The van der Waals surface area contributed by atoms with Crippen LogP contribution in [-0.4, -0.2) is 30.5 Å². The van der Waals surface area contributed by atoms with Gasteiger partial charge >= 0.3 is 0 Å². The molecule has 1 fully saturated rings. The Morgan fingerprint density at radius 2 is 2.29 bits per heavy atom. The molecule has 2 rings (SSSR count). The van der Waals surface area contributed by atoms with Gasteiger partial charge in [-0.2, -0.15) is 0 Å². The van der Waals surface area contributed by atoms with Gasteiger partial charge in [0.05, 0.1) is 5.92 Å². The first-order chi connectivity index (χ1) is 10.0. The Morgan fingerprint density at radius 1 is 1.48 bits per heavy atom. The summed E-state index contributed by atoms with van der Waals surface area (Å²) < 4.78 is 0. The van der Waals surface area contributed by atoms with E-state index in [1.54, 1.807) is 0 Å². The Morgan fingerprint density at radius 3 is 2.95 bits per heavy atom. The standard InChI is InChI=1S/C17H27N3O/c1-4-17(2,3)13-19-16(21)14-8-7-11-20(12-14)15-9-5-6-10-18-15/h5-6,9-10,14H,4,7-8,11-13H2,1-3H3,(H,19,21)/t14-/m1/s1. The van der Waals surface area contributed by atoms with E-state index in [0.717, 1.165) is 44.7 Å². The average molecular weight is 289 g/mol. The highest BCUT2D eigenvalue weighted by Crippen LogP contribution is 2.22. The Balaban J connectivity index is 1.90. The zero-order valence-electron chi connectivity index (χ0n) is 13.4. The maximum atomic E-state index is 12.4. The molecule has 0 aromatic carbocycles. The van der Waals surface area contributed by atoms with Crippen molar-refractivity contribution in [3.63, 3.8) is 0 Å². The van der Waals surface area contributed by atoms with Gasteiger partial charge in [-0.1, -0.05) is 26.8 Å². The van der Waals surface area contributed by atoms with E-state index in [1.807, 2.05) is 24.4 Å². The number of hydrogen-bond donors (Lipinski definition) is 1. The van der Waals surface area contributed by atoms with Crippen LogP contribution in [0, 0.1) is 11.3 Å². The topological polar surface area (TPSA) is 45.2 Å². The van der Waals surface area contributed by atoms with Crippen molar-refractivity contribution in [1.82, 2.24) is 10.3 Å². The SMILES string of the molecule is CCC(C)(C)CNC(=O)[C@@H]1CCCN(c2ccccn2)C1. The molecule has 116 valence electrons. The largest absolute Gasteiger partial charge is 0.356 e. The molecule has 2 heterocycles. The van der Waals surface area contributed by atoms with Gasteiger partial charge in [-0.05, 0) is 36.8 Å². The first-order valence-corrected chi connectivity index (χ1v) is 7.95. The van der Waals surface area contributed by atoms with Gasteiger partial charge in [0, 0.05) is 25.8 Å². The van der Waals surface area contributed by atoms with Crippen molar-refractivity contribution in [2.24, 2.45) is 11.3 Å². The quantitative estimate of drug-likeness (QED) is 0.906. The molecular formula is C17H27N3O. The summed E-state index contributed by atoms with van der Waals surface area (Å²) in [5.41, 5.74) is 0.172. The lowest BCUT2D eigenvalue weighted by Crippen LogP contribution is -2.45. The number of nitrogens with zero attached hydrogens (tertiary/aromatic N) is 2. The van der Waals surface area contributed by atoms with E-state index in [2.05, 4.69) is 36.0 Å². The molecule has 21 heavy (non-hydrogen) atoms. The summed E-state index contributed by atoms with van der Waals surface area (Å²) in [4.78, 5) is 19.0. The number of anilines is 1. The number of aromatic nitrogens is 1. The predicted octanol–water partition coefficient (Wildman–Crippen LogP) is 2.85. The molecule has 1 saturated heterocycles. The molecule has 1 aliphatic heterocycles. The van der Waals surface area contributed by atoms with E-state index in [9.17, 15) is 4.79 Å². The zero-order valence-corrected chi connectivity index (χ0v) is 13.4. The van der Waals surface area contributed by atoms with E-state index in [4.69, 9.17) is 0 Å². The fourth-order valence-electron chi connectivity index (χ4n) is 2.54. The number of hydrogen-bond acceptors (Lipinski definition) is 3. The summed E-state index contributed by atoms with van der Waals surface area (Å²) in [5.74, 6) is 1.24. The van der Waals surface area contributed by atoms with Crippen LogP contribution in [0.2, 0.25) is 0 Å². The molecule has 4 heteroatoms. The van der Waals surface area contributed by atoms with Gasteiger partial charge in [-0.15, -0.1) is 0 Å². The van der Waals surface area contributed by atoms with Crippen LogP contribution in [0.25, 0.3) is 0 Å². The molecule has 1 aromatic rings. The van der Waals surface area contributed by atoms with E-state index < -0.39 is 0 Å². The van der Waals surface area contributed by atoms with Crippen LogP contribution in [-0.2, 0) is 4.79 Å². The Bertz CT molecular complexity index is 458. The molecule has 0 bridgehead atoms. The highest BCUT2D eigenvalue weighted by atomic mass is 16.1. The van der Waals surface area contributed by atoms with Gasteiger partial charge in [-0.3, -0.25) is 4.79 Å². The number of amides is 1. The fourth-order valence-corrected chi connectivity index (χ4v) is 2.54. The third-order valence-corrected chi connectivity index (χ3v) is 4.46. The minimum atomic E-state index is 0.0772. The molecule has 1 amide bonds. The maximum absolute atomic E-state index is 12.4. The van der Waals surface area contributed by atoms with Crippen LogP contribution in [0.3, 0.4) is 0 Å². The molecule has 1 aliphatic rings. The van der Waals surface area contributed by atoms with E-state index >= 15 is 0 Å². The Labute approximate surface area is 127 Å². The molecule has 1 aromatic heterocycles. The van der Waals surface area contributed by atoms with E-state index in [0.29, 0.717) is 0 Å². The second-order valence-electron chi connectivity index (χ2n) is 6.71. The highest BCUT2D eigenvalue weighted by Gasteiger charge is 2.27. The summed E-state index contributed by atoms with van der Waals surface area (Å²) >= 11 is 0. The normalized spacial score (nSPS) is 19.4. The highest BCUT2D eigenvalue weighted by molar-refractivity contribution is 5.79. The van der Waals surface area contributed by atoms with Crippen LogP contribution < -0.4 is 10.2 Å². The van der Waals surface area contributed by atoms with Crippen molar-refractivity contribution in [1.29, 1.82) is 0 Å². The molecule has 1 N–H and O–H groups in total. The molecule has 0 aliphatic carbocycles. The van der Waals surface area contributed by atoms with E-state index in [-0.39, 0.29) is 17.2 Å². The second kappa shape index (κ2) is 6.92. The first-order valence-electron chi connectivity index (χ1n) is 7.95. The molecule has 0 unspecified atom stereocenters. The van der Waals surface area contributed by atoms with Crippen LogP contribution >= 0.6 is 0 Å². The lowest BCUT2D eigenvalue weighted by atomic mass is 9.89. The van der Waals surface area contributed by atoms with Crippen molar-refractivity contribution >= 4 is 11.7 Å². The first kappa shape index (κ1) is 15.8. The summed E-state index contributed by atoms with van der Waals surface area (Å²) in [6, 6.07) is 5.93.